The normalized spacial score (nSPS) is 12.2. The Morgan fingerprint density at radius 1 is 1.14 bits per heavy atom. The largest absolute Gasteiger partial charge is 0.455 e. The molecule has 112 valence electrons. The average Bonchev–Trinajstić information content (AvgIpc) is 2.42. The third-order valence-electron chi connectivity index (χ3n) is 3.07. The van der Waals surface area contributed by atoms with Gasteiger partial charge in [-0.3, -0.25) is 0 Å². The summed E-state index contributed by atoms with van der Waals surface area (Å²) in [6, 6.07) is 11.4. The molecule has 0 saturated heterocycles. The van der Waals surface area contributed by atoms with E-state index in [0.29, 0.717) is 15.8 Å². The molecule has 0 spiro atoms. The smallest absolute Gasteiger partial charge is 0.146 e. The highest BCUT2D eigenvalue weighted by Crippen LogP contribution is 2.36. The Labute approximate surface area is 143 Å². The zero-order valence-electron chi connectivity index (χ0n) is 11.8. The highest BCUT2D eigenvalue weighted by molar-refractivity contribution is 9.10. The summed E-state index contributed by atoms with van der Waals surface area (Å²) in [5, 5.41) is 4.46. The Bertz CT molecular complexity index is 634. The van der Waals surface area contributed by atoms with Crippen molar-refractivity contribution >= 4 is 39.1 Å². The quantitative estimate of drug-likeness (QED) is 0.656. The van der Waals surface area contributed by atoms with E-state index in [1.54, 1.807) is 18.2 Å². The molecule has 2 aromatic rings. The van der Waals surface area contributed by atoms with E-state index in [9.17, 15) is 0 Å². The van der Waals surface area contributed by atoms with Crippen molar-refractivity contribution in [2.45, 2.75) is 19.9 Å². The van der Waals surface area contributed by atoms with Gasteiger partial charge in [0.05, 0.1) is 5.02 Å². The van der Waals surface area contributed by atoms with Crippen LogP contribution in [0.4, 0.5) is 0 Å². The Balaban J connectivity index is 2.35. The van der Waals surface area contributed by atoms with Crippen molar-refractivity contribution in [1.29, 1.82) is 0 Å². The molecule has 1 atom stereocenters. The first-order valence-electron chi connectivity index (χ1n) is 6.67. The molecule has 0 aromatic heterocycles. The summed E-state index contributed by atoms with van der Waals surface area (Å²) in [5.74, 6) is 1.35. The SMILES string of the molecule is CCNC(C)c1ccc(Br)cc1Oc1ccc(Cl)cc1Cl. The standard InChI is InChI=1S/C16H16BrCl2NO/c1-3-20-10(2)13-6-4-11(17)8-16(13)21-15-7-5-12(18)9-14(15)19/h4-10,20H,3H2,1-2H3. The molecular formula is C16H16BrCl2NO. The lowest BCUT2D eigenvalue weighted by atomic mass is 10.1. The van der Waals surface area contributed by atoms with Crippen LogP contribution in [0.2, 0.25) is 10.0 Å². The zero-order valence-corrected chi connectivity index (χ0v) is 14.9. The second-order valence-electron chi connectivity index (χ2n) is 4.64. The summed E-state index contributed by atoms with van der Waals surface area (Å²) < 4.78 is 6.94. The third kappa shape index (κ3) is 4.36. The minimum Gasteiger partial charge on any atom is -0.455 e. The van der Waals surface area contributed by atoms with Gasteiger partial charge < -0.3 is 10.1 Å². The second-order valence-corrected chi connectivity index (χ2v) is 6.40. The van der Waals surface area contributed by atoms with E-state index < -0.39 is 0 Å². The first-order valence-corrected chi connectivity index (χ1v) is 8.22. The molecule has 0 aliphatic carbocycles. The maximum atomic E-state index is 6.18. The molecule has 1 N–H and O–H groups in total. The number of hydrogen-bond acceptors (Lipinski definition) is 2. The Hall–Kier alpha value is -0.740. The van der Waals surface area contributed by atoms with Crippen molar-refractivity contribution in [2.75, 3.05) is 6.54 Å². The lowest BCUT2D eigenvalue weighted by Crippen LogP contribution is -2.18. The van der Waals surface area contributed by atoms with Crippen LogP contribution in [-0.2, 0) is 0 Å². The van der Waals surface area contributed by atoms with Crippen LogP contribution in [0.3, 0.4) is 0 Å². The summed E-state index contributed by atoms with van der Waals surface area (Å²) in [6.45, 7) is 5.06. The van der Waals surface area contributed by atoms with Gasteiger partial charge in [-0.25, -0.2) is 0 Å². The third-order valence-corrected chi connectivity index (χ3v) is 4.09. The van der Waals surface area contributed by atoms with E-state index in [4.69, 9.17) is 27.9 Å². The summed E-state index contributed by atoms with van der Waals surface area (Å²) in [7, 11) is 0. The van der Waals surface area contributed by atoms with Crippen molar-refractivity contribution < 1.29 is 4.74 Å². The van der Waals surface area contributed by atoms with E-state index >= 15 is 0 Å². The topological polar surface area (TPSA) is 21.3 Å². The molecule has 21 heavy (non-hydrogen) atoms. The minimum atomic E-state index is 0.184. The van der Waals surface area contributed by atoms with Gasteiger partial charge in [-0.15, -0.1) is 0 Å². The summed E-state index contributed by atoms with van der Waals surface area (Å²) in [4.78, 5) is 0. The Morgan fingerprint density at radius 3 is 2.57 bits per heavy atom. The number of hydrogen-bond donors (Lipinski definition) is 1. The molecule has 0 radical (unpaired) electrons. The van der Waals surface area contributed by atoms with E-state index in [-0.39, 0.29) is 6.04 Å². The number of benzene rings is 2. The fourth-order valence-electron chi connectivity index (χ4n) is 2.05. The van der Waals surface area contributed by atoms with Crippen molar-refractivity contribution in [3.63, 3.8) is 0 Å². The molecule has 2 aromatic carbocycles. The summed E-state index contributed by atoms with van der Waals surface area (Å²) >= 11 is 15.6. The van der Waals surface area contributed by atoms with E-state index in [2.05, 4.69) is 35.1 Å². The molecule has 0 amide bonds. The van der Waals surface area contributed by atoms with Crippen molar-refractivity contribution in [1.82, 2.24) is 5.32 Å². The molecule has 0 fully saturated rings. The number of halogens is 3. The van der Waals surface area contributed by atoms with Crippen molar-refractivity contribution in [2.24, 2.45) is 0 Å². The minimum absolute atomic E-state index is 0.184. The lowest BCUT2D eigenvalue weighted by molar-refractivity contribution is 0.463. The lowest BCUT2D eigenvalue weighted by Gasteiger charge is -2.18. The fraction of sp³-hybridized carbons (Fsp3) is 0.250. The molecule has 0 aliphatic rings. The van der Waals surface area contributed by atoms with Crippen LogP contribution < -0.4 is 10.1 Å². The zero-order chi connectivity index (χ0) is 15.4. The van der Waals surface area contributed by atoms with Gasteiger partial charge >= 0.3 is 0 Å². The second kappa shape index (κ2) is 7.50. The molecule has 2 rings (SSSR count). The molecule has 0 saturated carbocycles. The van der Waals surface area contributed by atoms with Crippen LogP contribution in [-0.4, -0.2) is 6.54 Å². The van der Waals surface area contributed by atoms with Crippen LogP contribution >= 0.6 is 39.1 Å². The first-order chi connectivity index (χ1) is 10.0. The first kappa shape index (κ1) is 16.6. The molecule has 5 heteroatoms. The van der Waals surface area contributed by atoms with Crippen LogP contribution in [0.15, 0.2) is 40.9 Å². The molecule has 0 aliphatic heterocycles. The van der Waals surface area contributed by atoms with Gasteiger partial charge in [0.2, 0.25) is 0 Å². The molecule has 1 unspecified atom stereocenters. The van der Waals surface area contributed by atoms with Gasteiger partial charge in [0.15, 0.2) is 0 Å². The predicted molar refractivity (Wildman–Crippen MR) is 92.8 cm³/mol. The van der Waals surface area contributed by atoms with Crippen LogP contribution in [0.5, 0.6) is 11.5 Å². The molecule has 0 bridgehead atoms. The van der Waals surface area contributed by atoms with Gasteiger partial charge in [-0.05, 0) is 43.8 Å². The van der Waals surface area contributed by atoms with Gasteiger partial charge in [0.25, 0.3) is 0 Å². The van der Waals surface area contributed by atoms with Crippen LogP contribution in [0.25, 0.3) is 0 Å². The Morgan fingerprint density at radius 2 is 1.90 bits per heavy atom. The van der Waals surface area contributed by atoms with Gasteiger partial charge in [-0.2, -0.15) is 0 Å². The molecule has 2 nitrogen and oxygen atoms in total. The molecular weight excluding hydrogens is 373 g/mol. The van der Waals surface area contributed by atoms with Gasteiger partial charge in [0.1, 0.15) is 11.5 Å². The van der Waals surface area contributed by atoms with Crippen LogP contribution in [0.1, 0.15) is 25.5 Å². The van der Waals surface area contributed by atoms with Crippen LogP contribution in [0, 0.1) is 0 Å². The Kier molecular flexibility index (Phi) is 5.94. The van der Waals surface area contributed by atoms with Crippen molar-refractivity contribution in [3.05, 3.63) is 56.5 Å². The summed E-state index contributed by atoms with van der Waals surface area (Å²) in [5.41, 5.74) is 1.08. The number of rotatable bonds is 5. The van der Waals surface area contributed by atoms with Gasteiger partial charge in [0, 0.05) is 21.1 Å². The van der Waals surface area contributed by atoms with E-state index in [1.165, 1.54) is 0 Å². The monoisotopic (exact) mass is 387 g/mol. The highest BCUT2D eigenvalue weighted by Gasteiger charge is 2.13. The maximum absolute atomic E-state index is 6.18. The fourth-order valence-corrected chi connectivity index (χ4v) is 2.83. The summed E-state index contributed by atoms with van der Waals surface area (Å²) in [6.07, 6.45) is 0. The number of nitrogens with one attached hydrogen (secondary N) is 1. The van der Waals surface area contributed by atoms with E-state index in [1.807, 2.05) is 18.2 Å². The molecule has 0 heterocycles. The van der Waals surface area contributed by atoms with Crippen molar-refractivity contribution in [3.8, 4) is 11.5 Å². The average molecular weight is 389 g/mol. The maximum Gasteiger partial charge on any atom is 0.146 e. The van der Waals surface area contributed by atoms with Gasteiger partial charge in [-0.1, -0.05) is 52.1 Å². The predicted octanol–water partition coefficient (Wildman–Crippen LogP) is 6.22. The number of ether oxygens (including phenoxy) is 1. The van der Waals surface area contributed by atoms with E-state index in [0.717, 1.165) is 22.3 Å². The highest BCUT2D eigenvalue weighted by atomic mass is 79.9.